The second-order valence-corrected chi connectivity index (χ2v) is 1.89. The Morgan fingerprint density at radius 2 is 2.40 bits per heavy atom. The lowest BCUT2D eigenvalue weighted by atomic mass is 10.2. The van der Waals surface area contributed by atoms with E-state index in [1.54, 1.807) is 12.3 Å². The Morgan fingerprint density at radius 1 is 1.70 bits per heavy atom. The summed E-state index contributed by atoms with van der Waals surface area (Å²) < 4.78 is 0. The minimum Gasteiger partial charge on any atom is -0.387 e. The Morgan fingerprint density at radius 3 is 2.80 bits per heavy atom. The molecule has 0 aliphatic rings. The molecule has 0 bridgehead atoms. The fraction of sp³-hybridized carbons (Fsp3) is 0.375. The van der Waals surface area contributed by atoms with Crippen molar-refractivity contribution in [1.82, 2.24) is 5.32 Å². The van der Waals surface area contributed by atoms with Crippen LogP contribution in [0.3, 0.4) is 0 Å². The predicted octanol–water partition coefficient (Wildman–Crippen LogP) is 1.25. The van der Waals surface area contributed by atoms with Gasteiger partial charge in [0.05, 0.1) is 0 Å². The van der Waals surface area contributed by atoms with Crippen molar-refractivity contribution in [2.75, 3.05) is 6.54 Å². The molecule has 0 atom stereocenters. The van der Waals surface area contributed by atoms with Crippen LogP contribution < -0.4 is 5.32 Å². The Bertz CT molecular complexity index is 138. The van der Waals surface area contributed by atoms with E-state index in [9.17, 15) is 4.79 Å². The lowest BCUT2D eigenvalue weighted by Gasteiger charge is -1.95. The third kappa shape index (κ3) is 3.89. The molecule has 0 aromatic heterocycles. The Hall–Kier alpha value is -1.05. The molecule has 1 N–H and O–H groups in total. The molecule has 2 nitrogen and oxygen atoms in total. The number of hydrogen-bond acceptors (Lipinski definition) is 2. The predicted molar refractivity (Wildman–Crippen MR) is 42.6 cm³/mol. The van der Waals surface area contributed by atoms with E-state index in [2.05, 4.69) is 11.9 Å². The highest BCUT2D eigenvalue weighted by atomic mass is 16.1. The van der Waals surface area contributed by atoms with E-state index in [1.165, 1.54) is 0 Å². The standard InChI is InChI=1S/C8H13NO/c1-3-5-9-6-8(4-2)7-10/h3,6-7,9H,1,4-5H2,2H3/b8-6+. The third-order valence-electron chi connectivity index (χ3n) is 1.11. The molecule has 10 heavy (non-hydrogen) atoms. The number of nitrogens with one attached hydrogen (secondary N) is 1. The Kier molecular flexibility index (Phi) is 5.44. The molecule has 0 aromatic rings. The molecule has 0 heterocycles. The second-order valence-electron chi connectivity index (χ2n) is 1.89. The van der Waals surface area contributed by atoms with E-state index in [0.717, 1.165) is 18.3 Å². The molecule has 0 amide bonds. The van der Waals surface area contributed by atoms with Crippen LogP contribution in [0, 0.1) is 0 Å². The molecule has 0 aliphatic carbocycles. The number of allylic oxidation sites excluding steroid dienone is 1. The summed E-state index contributed by atoms with van der Waals surface area (Å²) in [6.45, 7) is 6.18. The average molecular weight is 139 g/mol. The zero-order chi connectivity index (χ0) is 7.82. The molecule has 0 saturated heterocycles. The van der Waals surface area contributed by atoms with Crippen LogP contribution in [-0.2, 0) is 4.79 Å². The van der Waals surface area contributed by atoms with E-state index in [1.807, 2.05) is 6.92 Å². The molecular weight excluding hydrogens is 126 g/mol. The molecule has 0 aliphatic heterocycles. The molecule has 56 valence electrons. The van der Waals surface area contributed by atoms with Crippen molar-refractivity contribution < 1.29 is 4.79 Å². The van der Waals surface area contributed by atoms with Gasteiger partial charge in [-0.2, -0.15) is 0 Å². The molecule has 0 rings (SSSR count). The van der Waals surface area contributed by atoms with E-state index in [4.69, 9.17) is 0 Å². The van der Waals surface area contributed by atoms with Gasteiger partial charge in [-0.25, -0.2) is 0 Å². The van der Waals surface area contributed by atoms with Gasteiger partial charge < -0.3 is 5.32 Å². The monoisotopic (exact) mass is 139 g/mol. The Labute approximate surface area is 61.6 Å². The van der Waals surface area contributed by atoms with Gasteiger partial charge in [0.25, 0.3) is 0 Å². The van der Waals surface area contributed by atoms with Crippen LogP contribution in [0.1, 0.15) is 13.3 Å². The molecular formula is C8H13NO. The summed E-state index contributed by atoms with van der Waals surface area (Å²) in [6, 6.07) is 0. The number of aldehydes is 1. The molecule has 0 unspecified atom stereocenters. The summed E-state index contributed by atoms with van der Waals surface area (Å²) >= 11 is 0. The number of carbonyl (C=O) groups excluding carboxylic acids is 1. The SMILES string of the molecule is C=CCN/C=C(/C=O)CC. The molecule has 0 fully saturated rings. The zero-order valence-electron chi connectivity index (χ0n) is 6.26. The van der Waals surface area contributed by atoms with Crippen LogP contribution in [0.15, 0.2) is 24.4 Å². The summed E-state index contributed by atoms with van der Waals surface area (Å²) in [6.07, 6.45) is 5.09. The molecule has 0 radical (unpaired) electrons. The number of hydrogen-bond donors (Lipinski definition) is 1. The second kappa shape index (κ2) is 6.08. The first-order chi connectivity index (χ1) is 4.85. The van der Waals surface area contributed by atoms with Crippen LogP contribution in [0.25, 0.3) is 0 Å². The highest BCUT2D eigenvalue weighted by Crippen LogP contribution is 1.91. The Balaban J connectivity index is 3.62. The summed E-state index contributed by atoms with van der Waals surface area (Å²) in [5.74, 6) is 0. The highest BCUT2D eigenvalue weighted by Gasteiger charge is 1.86. The van der Waals surface area contributed by atoms with Crippen LogP contribution in [0.5, 0.6) is 0 Å². The van der Waals surface area contributed by atoms with Crippen molar-refractivity contribution in [2.45, 2.75) is 13.3 Å². The lowest BCUT2D eigenvalue weighted by molar-refractivity contribution is -0.105. The zero-order valence-corrected chi connectivity index (χ0v) is 6.26. The van der Waals surface area contributed by atoms with Crippen LogP contribution in [0.4, 0.5) is 0 Å². The minimum absolute atomic E-state index is 0.706. The van der Waals surface area contributed by atoms with Crippen LogP contribution in [-0.4, -0.2) is 12.8 Å². The van der Waals surface area contributed by atoms with Gasteiger partial charge in [0.2, 0.25) is 0 Å². The maximum absolute atomic E-state index is 10.2. The summed E-state index contributed by atoms with van der Waals surface area (Å²) in [5.41, 5.74) is 0.779. The third-order valence-corrected chi connectivity index (χ3v) is 1.11. The summed E-state index contributed by atoms with van der Waals surface area (Å²) in [7, 11) is 0. The number of carbonyl (C=O) groups is 1. The van der Waals surface area contributed by atoms with E-state index in [-0.39, 0.29) is 0 Å². The number of rotatable bonds is 5. The first-order valence-electron chi connectivity index (χ1n) is 3.33. The van der Waals surface area contributed by atoms with Crippen molar-refractivity contribution in [3.63, 3.8) is 0 Å². The van der Waals surface area contributed by atoms with Crippen molar-refractivity contribution >= 4 is 6.29 Å². The minimum atomic E-state index is 0.706. The fourth-order valence-electron chi connectivity index (χ4n) is 0.493. The van der Waals surface area contributed by atoms with Gasteiger partial charge in [-0.05, 0) is 6.42 Å². The topological polar surface area (TPSA) is 29.1 Å². The maximum Gasteiger partial charge on any atom is 0.147 e. The first kappa shape index (κ1) is 8.95. The van der Waals surface area contributed by atoms with Crippen molar-refractivity contribution in [3.05, 3.63) is 24.4 Å². The van der Waals surface area contributed by atoms with Crippen molar-refractivity contribution in [1.29, 1.82) is 0 Å². The van der Waals surface area contributed by atoms with Crippen molar-refractivity contribution in [3.8, 4) is 0 Å². The summed E-state index contributed by atoms with van der Waals surface area (Å²) in [5, 5.41) is 2.93. The van der Waals surface area contributed by atoms with Gasteiger partial charge in [-0.1, -0.05) is 13.0 Å². The van der Waals surface area contributed by atoms with Gasteiger partial charge in [0, 0.05) is 18.3 Å². The normalized spacial score (nSPS) is 10.7. The largest absolute Gasteiger partial charge is 0.387 e. The average Bonchev–Trinajstić information content (AvgIpc) is 1.99. The molecule has 0 saturated carbocycles. The van der Waals surface area contributed by atoms with Gasteiger partial charge in [-0.3, -0.25) is 4.79 Å². The van der Waals surface area contributed by atoms with Gasteiger partial charge >= 0.3 is 0 Å². The quantitative estimate of drug-likeness (QED) is 0.269. The molecule has 0 spiro atoms. The van der Waals surface area contributed by atoms with E-state index in [0.29, 0.717) is 6.54 Å². The highest BCUT2D eigenvalue weighted by molar-refractivity contribution is 5.72. The van der Waals surface area contributed by atoms with Gasteiger partial charge in [0.15, 0.2) is 0 Å². The fourth-order valence-corrected chi connectivity index (χ4v) is 0.493. The lowest BCUT2D eigenvalue weighted by Crippen LogP contribution is -2.05. The van der Waals surface area contributed by atoms with Crippen LogP contribution >= 0.6 is 0 Å². The molecule has 2 heteroatoms. The molecule has 0 aromatic carbocycles. The van der Waals surface area contributed by atoms with Crippen molar-refractivity contribution in [2.24, 2.45) is 0 Å². The van der Waals surface area contributed by atoms with E-state index >= 15 is 0 Å². The van der Waals surface area contributed by atoms with Crippen LogP contribution in [0.2, 0.25) is 0 Å². The van der Waals surface area contributed by atoms with Gasteiger partial charge in [-0.15, -0.1) is 6.58 Å². The smallest absolute Gasteiger partial charge is 0.147 e. The van der Waals surface area contributed by atoms with E-state index < -0.39 is 0 Å². The maximum atomic E-state index is 10.2. The summed E-state index contributed by atoms with van der Waals surface area (Å²) in [4.78, 5) is 10.2. The first-order valence-corrected chi connectivity index (χ1v) is 3.33. The van der Waals surface area contributed by atoms with Gasteiger partial charge in [0.1, 0.15) is 6.29 Å².